The fourth-order valence-corrected chi connectivity index (χ4v) is 5.82. The number of methoxy groups -OCH3 is 1. The van der Waals surface area contributed by atoms with Crippen molar-refractivity contribution in [3.63, 3.8) is 0 Å². The zero-order valence-electron chi connectivity index (χ0n) is 25.1. The Bertz CT molecular complexity index is 573. The molecule has 1 saturated heterocycles. The monoisotopic (exact) mass is 485 g/mol. The van der Waals surface area contributed by atoms with Crippen molar-refractivity contribution >= 4 is 0 Å². The summed E-state index contributed by atoms with van der Waals surface area (Å²) in [6.07, 6.45) is 5.31. The predicted molar refractivity (Wildman–Crippen MR) is 142 cm³/mol. The molecule has 0 amide bonds. The summed E-state index contributed by atoms with van der Waals surface area (Å²) in [7, 11) is 1.72. The van der Waals surface area contributed by atoms with Crippen LogP contribution in [-0.4, -0.2) is 36.7 Å². The fraction of sp³-hybridized carbons (Fsp3) is 1.00. The van der Waals surface area contributed by atoms with E-state index in [-0.39, 0.29) is 0 Å². The van der Waals surface area contributed by atoms with Crippen molar-refractivity contribution in [2.75, 3.05) is 7.11 Å². The summed E-state index contributed by atoms with van der Waals surface area (Å²) in [6, 6.07) is 0.339. The van der Waals surface area contributed by atoms with Crippen LogP contribution >= 0.6 is 0 Å². The van der Waals surface area contributed by atoms with Crippen LogP contribution in [0.5, 0.6) is 0 Å². The van der Waals surface area contributed by atoms with Gasteiger partial charge in [0, 0.05) is 19.1 Å². The quantitative estimate of drug-likeness (QED) is 0.323. The van der Waals surface area contributed by atoms with Crippen molar-refractivity contribution in [2.45, 2.75) is 145 Å². The summed E-state index contributed by atoms with van der Waals surface area (Å²) in [5.74, 6) is 2.08. The molecule has 0 aromatic rings. The molecular weight excluding hydrogens is 426 g/mol. The van der Waals surface area contributed by atoms with E-state index in [0.29, 0.717) is 41.7 Å². The smallest absolute Gasteiger partial charge is 0.236 e. The van der Waals surface area contributed by atoms with Gasteiger partial charge in [0.15, 0.2) is 11.6 Å². The zero-order chi connectivity index (χ0) is 26.5. The summed E-state index contributed by atoms with van der Waals surface area (Å²) in [5.41, 5.74) is 0. The van der Waals surface area contributed by atoms with Gasteiger partial charge in [-0.2, -0.15) is 0 Å². The fourth-order valence-electron chi connectivity index (χ4n) is 5.82. The molecule has 0 bridgehead atoms. The van der Waals surface area contributed by atoms with Crippen LogP contribution in [-0.2, 0) is 18.9 Å². The minimum absolute atomic E-state index is 0.339. The summed E-state index contributed by atoms with van der Waals surface area (Å²) in [5, 5.41) is 3.50. The van der Waals surface area contributed by atoms with E-state index < -0.39 is 17.5 Å². The molecule has 2 rings (SSSR count). The van der Waals surface area contributed by atoms with Crippen LogP contribution in [0.4, 0.5) is 0 Å². The second kappa shape index (κ2) is 12.9. The largest absolute Gasteiger partial charge is 0.354 e. The van der Waals surface area contributed by atoms with Crippen molar-refractivity contribution in [1.82, 2.24) is 5.32 Å². The standard InChI is InChI=1S/C15H31NO2.C14H28O2/c1-9-12(6)13(10(2)3)15(16-11(4)5)17-14(7,8)18-15;1-10(2)12-8-7-11(3)9-13(12)16-14(4,5)15-6/h10-13,16H,9H2,1-8H3;10-13H,7-9H2,1-6H3. The Labute approximate surface area is 212 Å². The van der Waals surface area contributed by atoms with Crippen molar-refractivity contribution in [1.29, 1.82) is 0 Å². The lowest BCUT2D eigenvalue weighted by Gasteiger charge is -2.58. The van der Waals surface area contributed by atoms with E-state index in [1.54, 1.807) is 7.11 Å². The van der Waals surface area contributed by atoms with E-state index >= 15 is 0 Å². The highest BCUT2D eigenvalue weighted by Gasteiger charge is 2.58. The van der Waals surface area contributed by atoms with Crippen LogP contribution in [0.3, 0.4) is 0 Å². The number of rotatable bonds is 10. The van der Waals surface area contributed by atoms with E-state index in [0.717, 1.165) is 12.3 Å². The SMILES string of the molecule is CCC(C)C(C(C)C)C1(NC(C)C)OC(C)(C)O1.COC(C)(C)OC1CC(C)CCC1C(C)C. The van der Waals surface area contributed by atoms with Crippen LogP contribution in [0.1, 0.15) is 116 Å². The van der Waals surface area contributed by atoms with Gasteiger partial charge < -0.3 is 18.9 Å². The molecule has 34 heavy (non-hydrogen) atoms. The number of hydrogen-bond donors (Lipinski definition) is 1. The minimum atomic E-state index is -0.610. The van der Waals surface area contributed by atoms with Gasteiger partial charge in [-0.1, -0.05) is 61.3 Å². The van der Waals surface area contributed by atoms with E-state index in [2.05, 4.69) is 67.6 Å². The van der Waals surface area contributed by atoms with Gasteiger partial charge in [-0.25, -0.2) is 0 Å². The molecule has 1 aliphatic heterocycles. The maximum absolute atomic E-state index is 6.15. The van der Waals surface area contributed by atoms with Crippen molar-refractivity contribution in [2.24, 2.45) is 35.5 Å². The van der Waals surface area contributed by atoms with Gasteiger partial charge in [0.05, 0.1) is 6.10 Å². The maximum Gasteiger partial charge on any atom is 0.236 e. The van der Waals surface area contributed by atoms with E-state index in [4.69, 9.17) is 18.9 Å². The molecule has 1 saturated carbocycles. The highest BCUT2D eigenvalue weighted by atomic mass is 16.9. The molecule has 2 aliphatic rings. The van der Waals surface area contributed by atoms with Crippen LogP contribution < -0.4 is 5.32 Å². The number of hydrogen-bond acceptors (Lipinski definition) is 5. The Morgan fingerprint density at radius 1 is 1.00 bits per heavy atom. The molecule has 0 aromatic heterocycles. The van der Waals surface area contributed by atoms with Gasteiger partial charge in [0.2, 0.25) is 5.91 Å². The minimum Gasteiger partial charge on any atom is -0.354 e. The molecule has 204 valence electrons. The van der Waals surface area contributed by atoms with Gasteiger partial charge in [-0.3, -0.25) is 5.32 Å². The topological polar surface area (TPSA) is 49.0 Å². The molecular formula is C29H59NO4. The second-order valence-electron chi connectivity index (χ2n) is 12.8. The average Bonchev–Trinajstić information content (AvgIpc) is 2.65. The Morgan fingerprint density at radius 3 is 1.94 bits per heavy atom. The summed E-state index contributed by atoms with van der Waals surface area (Å²) < 4.78 is 23.8. The maximum atomic E-state index is 6.15. The molecule has 0 radical (unpaired) electrons. The third kappa shape index (κ3) is 9.03. The van der Waals surface area contributed by atoms with Crippen LogP contribution in [0.2, 0.25) is 0 Å². The van der Waals surface area contributed by atoms with Crippen LogP contribution in [0.15, 0.2) is 0 Å². The van der Waals surface area contributed by atoms with Gasteiger partial charge in [0.1, 0.15) is 0 Å². The van der Waals surface area contributed by atoms with Gasteiger partial charge in [-0.05, 0) is 84.0 Å². The van der Waals surface area contributed by atoms with Gasteiger partial charge in [0.25, 0.3) is 0 Å². The molecule has 0 aromatic carbocycles. The number of nitrogens with one attached hydrogen (secondary N) is 1. The van der Waals surface area contributed by atoms with Crippen molar-refractivity contribution < 1.29 is 18.9 Å². The summed E-state index contributed by atoms with van der Waals surface area (Å²) >= 11 is 0. The average molecular weight is 486 g/mol. The van der Waals surface area contributed by atoms with Crippen molar-refractivity contribution in [3.8, 4) is 0 Å². The number of ether oxygens (including phenoxy) is 4. The van der Waals surface area contributed by atoms with E-state index in [1.807, 2.05) is 27.7 Å². The first-order valence-electron chi connectivity index (χ1n) is 13.9. The molecule has 5 heteroatoms. The first-order valence-corrected chi connectivity index (χ1v) is 13.9. The Hall–Kier alpha value is -0.200. The van der Waals surface area contributed by atoms with Crippen LogP contribution in [0, 0.1) is 35.5 Å². The van der Waals surface area contributed by atoms with E-state index in [9.17, 15) is 0 Å². The highest BCUT2D eigenvalue weighted by molar-refractivity contribution is 4.92. The van der Waals surface area contributed by atoms with Gasteiger partial charge in [-0.15, -0.1) is 0 Å². The molecule has 1 aliphatic carbocycles. The zero-order valence-corrected chi connectivity index (χ0v) is 25.1. The molecule has 5 atom stereocenters. The van der Waals surface area contributed by atoms with Gasteiger partial charge >= 0.3 is 0 Å². The third-order valence-corrected chi connectivity index (χ3v) is 7.59. The predicted octanol–water partition coefficient (Wildman–Crippen LogP) is 7.59. The lowest BCUT2D eigenvalue weighted by Crippen LogP contribution is -2.73. The molecule has 1 heterocycles. The lowest BCUT2D eigenvalue weighted by molar-refractivity contribution is -0.530. The van der Waals surface area contributed by atoms with E-state index in [1.165, 1.54) is 19.3 Å². The summed E-state index contributed by atoms with van der Waals surface area (Å²) in [6.45, 7) is 28.2. The summed E-state index contributed by atoms with van der Waals surface area (Å²) in [4.78, 5) is 0. The molecule has 5 unspecified atom stereocenters. The highest BCUT2D eigenvalue weighted by Crippen LogP contribution is 2.47. The lowest BCUT2D eigenvalue weighted by atomic mass is 9.75. The molecule has 1 N–H and O–H groups in total. The first kappa shape index (κ1) is 31.8. The second-order valence-corrected chi connectivity index (χ2v) is 12.8. The molecule has 2 fully saturated rings. The first-order chi connectivity index (χ1) is 15.5. The van der Waals surface area contributed by atoms with Crippen LogP contribution in [0.25, 0.3) is 0 Å². The normalized spacial score (nSPS) is 28.3. The third-order valence-electron chi connectivity index (χ3n) is 7.59. The Balaban J connectivity index is 0.000000342. The molecule has 5 nitrogen and oxygen atoms in total. The molecule has 0 spiro atoms. The Kier molecular flexibility index (Phi) is 12.0. The Morgan fingerprint density at radius 2 is 1.56 bits per heavy atom. The van der Waals surface area contributed by atoms with Crippen molar-refractivity contribution in [3.05, 3.63) is 0 Å².